The summed E-state index contributed by atoms with van der Waals surface area (Å²) in [4.78, 5) is 12.1. The van der Waals surface area contributed by atoms with E-state index < -0.39 is 0 Å². The van der Waals surface area contributed by atoms with Gasteiger partial charge in [-0.1, -0.05) is 23.1 Å². The highest BCUT2D eigenvalue weighted by Crippen LogP contribution is 2.29. The molecule has 0 atom stereocenters. The van der Waals surface area contributed by atoms with Gasteiger partial charge in [-0.15, -0.1) is 21.5 Å². The van der Waals surface area contributed by atoms with Crippen molar-refractivity contribution in [3.05, 3.63) is 21.9 Å². The first-order valence-corrected chi connectivity index (χ1v) is 7.18. The van der Waals surface area contributed by atoms with E-state index in [1.807, 2.05) is 11.4 Å². The van der Waals surface area contributed by atoms with Gasteiger partial charge in [0.05, 0.1) is 4.88 Å². The molecule has 1 amide bonds. The molecular weight excluding hydrogens is 278 g/mol. The second kappa shape index (κ2) is 5.45. The Morgan fingerprint density at radius 2 is 2.35 bits per heavy atom. The maximum Gasteiger partial charge on any atom is 0.275 e. The number of carbonyl (C=O) groups excluding carboxylic acids is 1. The van der Waals surface area contributed by atoms with Gasteiger partial charge >= 0.3 is 0 Å². The number of thiophene rings is 1. The molecule has 5 N–H and O–H groups in total. The monoisotopic (exact) mass is 287 g/mol. The molecule has 0 aliphatic carbocycles. The summed E-state index contributed by atoms with van der Waals surface area (Å²) in [7, 11) is 0. The summed E-state index contributed by atoms with van der Waals surface area (Å²) in [5.74, 6) is 5.48. The molecule has 9 heteroatoms. The van der Waals surface area contributed by atoms with E-state index >= 15 is 0 Å². The van der Waals surface area contributed by atoms with E-state index in [2.05, 4.69) is 15.6 Å². The predicted molar refractivity (Wildman–Crippen MR) is 69.9 cm³/mol. The molecule has 0 saturated heterocycles. The first-order chi connectivity index (χ1) is 8.20. The van der Waals surface area contributed by atoms with Gasteiger partial charge in [0.25, 0.3) is 5.91 Å². The van der Waals surface area contributed by atoms with Gasteiger partial charge in [-0.3, -0.25) is 10.2 Å². The smallest absolute Gasteiger partial charge is 0.275 e. The van der Waals surface area contributed by atoms with Crippen molar-refractivity contribution in [3.63, 3.8) is 0 Å². The molecule has 17 heavy (non-hydrogen) atoms. The number of nitrogens with two attached hydrogens (primary N) is 2. The van der Waals surface area contributed by atoms with Crippen molar-refractivity contribution in [1.29, 1.82) is 0 Å². The fourth-order valence-electron chi connectivity index (χ4n) is 1.13. The molecule has 0 unspecified atom stereocenters. The Kier molecular flexibility index (Phi) is 3.94. The third-order valence-corrected chi connectivity index (χ3v) is 4.75. The molecule has 2 aromatic rings. The van der Waals surface area contributed by atoms with Crippen molar-refractivity contribution in [2.45, 2.75) is 10.1 Å². The second-order valence-electron chi connectivity index (χ2n) is 2.94. The van der Waals surface area contributed by atoms with Crippen LogP contribution in [0.15, 0.2) is 15.8 Å². The van der Waals surface area contributed by atoms with Crippen molar-refractivity contribution >= 4 is 45.5 Å². The molecule has 2 aromatic heterocycles. The number of anilines is 1. The summed E-state index contributed by atoms with van der Waals surface area (Å²) in [6, 6.07) is 1.90. The Morgan fingerprint density at radius 1 is 1.53 bits per heavy atom. The zero-order chi connectivity index (χ0) is 12.3. The Morgan fingerprint density at radius 3 is 3.00 bits per heavy atom. The van der Waals surface area contributed by atoms with Crippen LogP contribution < -0.4 is 17.0 Å². The predicted octanol–water partition coefficient (Wildman–Crippen LogP) is 1.08. The van der Waals surface area contributed by atoms with Crippen LogP contribution in [0.3, 0.4) is 0 Å². The van der Waals surface area contributed by atoms with E-state index in [0.717, 1.165) is 9.90 Å². The van der Waals surface area contributed by atoms with Crippen LogP contribution in [0.2, 0.25) is 0 Å². The Hall–Kier alpha value is -1.16. The maximum absolute atomic E-state index is 11.4. The molecule has 0 fully saturated rings. The quantitative estimate of drug-likeness (QED) is 0.336. The lowest BCUT2D eigenvalue weighted by Crippen LogP contribution is -2.29. The number of carbonyl (C=O) groups is 1. The van der Waals surface area contributed by atoms with Crippen molar-refractivity contribution in [2.24, 2.45) is 5.84 Å². The van der Waals surface area contributed by atoms with E-state index in [1.54, 1.807) is 0 Å². The van der Waals surface area contributed by atoms with Crippen LogP contribution in [-0.2, 0) is 5.75 Å². The molecule has 0 radical (unpaired) electrons. The van der Waals surface area contributed by atoms with Gasteiger partial charge in [-0.2, -0.15) is 0 Å². The van der Waals surface area contributed by atoms with Crippen LogP contribution in [0, 0.1) is 0 Å². The topological polar surface area (TPSA) is 107 Å². The highest BCUT2D eigenvalue weighted by Gasteiger charge is 2.12. The molecule has 2 rings (SSSR count). The molecule has 0 bridgehead atoms. The number of rotatable bonds is 4. The van der Waals surface area contributed by atoms with Gasteiger partial charge in [0.15, 0.2) is 4.34 Å². The van der Waals surface area contributed by atoms with Gasteiger partial charge in [-0.25, -0.2) is 5.84 Å². The lowest BCUT2D eigenvalue weighted by molar-refractivity contribution is 0.0957. The van der Waals surface area contributed by atoms with Crippen LogP contribution in [-0.4, -0.2) is 16.1 Å². The normalized spacial score (nSPS) is 10.4. The van der Waals surface area contributed by atoms with E-state index in [1.165, 1.54) is 34.4 Å². The fourth-order valence-corrected chi connectivity index (χ4v) is 3.68. The average Bonchev–Trinajstić information content (AvgIpc) is 2.94. The minimum absolute atomic E-state index is 0.271. The average molecular weight is 287 g/mol. The minimum atomic E-state index is -0.271. The molecule has 0 aliphatic rings. The van der Waals surface area contributed by atoms with Gasteiger partial charge < -0.3 is 5.73 Å². The zero-order valence-corrected chi connectivity index (χ0v) is 11.0. The van der Waals surface area contributed by atoms with Crippen LogP contribution >= 0.6 is 34.4 Å². The largest absolute Gasteiger partial charge is 0.374 e. The Bertz CT molecular complexity index is 523. The van der Waals surface area contributed by atoms with Gasteiger partial charge in [0.2, 0.25) is 5.13 Å². The van der Waals surface area contributed by atoms with Gasteiger partial charge in [0.1, 0.15) is 0 Å². The number of nitrogens with zero attached hydrogens (tertiary/aromatic N) is 2. The van der Waals surface area contributed by atoms with E-state index in [0.29, 0.717) is 15.8 Å². The van der Waals surface area contributed by atoms with Crippen LogP contribution in [0.4, 0.5) is 5.13 Å². The van der Waals surface area contributed by atoms with E-state index in [4.69, 9.17) is 11.6 Å². The highest BCUT2D eigenvalue weighted by molar-refractivity contribution is 8.00. The lowest BCUT2D eigenvalue weighted by Gasteiger charge is -2.00. The molecule has 0 aromatic carbocycles. The summed E-state index contributed by atoms with van der Waals surface area (Å²) >= 11 is 4.18. The number of thioether (sulfide) groups is 1. The second-order valence-corrected chi connectivity index (χ2v) is 6.09. The van der Waals surface area contributed by atoms with Gasteiger partial charge in [0, 0.05) is 5.75 Å². The maximum atomic E-state index is 11.4. The molecule has 2 heterocycles. The summed E-state index contributed by atoms with van der Waals surface area (Å²) in [5.41, 5.74) is 8.53. The molecule has 0 saturated carbocycles. The van der Waals surface area contributed by atoms with Gasteiger partial charge in [-0.05, 0) is 17.0 Å². The zero-order valence-electron chi connectivity index (χ0n) is 8.54. The Balaban J connectivity index is 2.04. The lowest BCUT2D eigenvalue weighted by atomic mass is 10.3. The number of amides is 1. The number of nitrogen functional groups attached to an aromatic ring is 2. The first-order valence-electron chi connectivity index (χ1n) is 4.50. The summed E-state index contributed by atoms with van der Waals surface area (Å²) in [5, 5.41) is 9.91. The third kappa shape index (κ3) is 2.94. The van der Waals surface area contributed by atoms with Crippen LogP contribution in [0.25, 0.3) is 0 Å². The van der Waals surface area contributed by atoms with Crippen molar-refractivity contribution in [1.82, 2.24) is 15.6 Å². The van der Waals surface area contributed by atoms with Crippen LogP contribution in [0.1, 0.15) is 15.2 Å². The molecule has 6 nitrogen and oxygen atoms in total. The standard InChI is InChI=1S/C8H9N5OS3/c9-7-12-13-8(17-7)16-3-4-1-2-15-5(4)6(14)11-10/h1-2H,3,10H2,(H2,9,12)(H,11,14). The first kappa shape index (κ1) is 12.3. The molecular formula is C8H9N5OS3. The number of hydrogen-bond donors (Lipinski definition) is 3. The summed E-state index contributed by atoms with van der Waals surface area (Å²) in [6.45, 7) is 0. The van der Waals surface area contributed by atoms with E-state index in [9.17, 15) is 4.79 Å². The van der Waals surface area contributed by atoms with Crippen molar-refractivity contribution in [3.8, 4) is 0 Å². The van der Waals surface area contributed by atoms with Crippen molar-refractivity contribution < 1.29 is 4.79 Å². The van der Waals surface area contributed by atoms with Crippen LogP contribution in [0.5, 0.6) is 0 Å². The summed E-state index contributed by atoms with van der Waals surface area (Å²) < 4.78 is 0.785. The highest BCUT2D eigenvalue weighted by atomic mass is 32.2. The molecule has 0 aliphatic heterocycles. The number of aromatic nitrogens is 2. The summed E-state index contributed by atoms with van der Waals surface area (Å²) in [6.07, 6.45) is 0. The SMILES string of the molecule is NNC(=O)c1sccc1CSc1nnc(N)s1. The molecule has 90 valence electrons. The van der Waals surface area contributed by atoms with E-state index in [-0.39, 0.29) is 5.91 Å². The third-order valence-electron chi connectivity index (χ3n) is 1.86. The molecule has 0 spiro atoms. The number of hydrazine groups is 1. The fraction of sp³-hybridized carbons (Fsp3) is 0.125. The number of hydrogen-bond acceptors (Lipinski definition) is 8. The Labute approximate surface area is 109 Å². The minimum Gasteiger partial charge on any atom is -0.374 e. The van der Waals surface area contributed by atoms with Crippen molar-refractivity contribution in [2.75, 3.05) is 5.73 Å². The number of nitrogens with one attached hydrogen (secondary N) is 1.